The molecule has 0 aromatic heterocycles. The lowest BCUT2D eigenvalue weighted by Gasteiger charge is -2.37. The highest BCUT2D eigenvalue weighted by atomic mass is 16.5. The first-order valence-electron chi connectivity index (χ1n) is 14.6. The van der Waals surface area contributed by atoms with E-state index in [4.69, 9.17) is 14.5 Å². The zero-order valence-electron chi connectivity index (χ0n) is 24.0. The van der Waals surface area contributed by atoms with Crippen molar-refractivity contribution in [2.24, 2.45) is 10.9 Å². The van der Waals surface area contributed by atoms with Crippen LogP contribution >= 0.6 is 0 Å². The van der Waals surface area contributed by atoms with E-state index in [0.29, 0.717) is 29.9 Å². The molecule has 5 aromatic rings. The summed E-state index contributed by atoms with van der Waals surface area (Å²) in [6.07, 6.45) is 7.71. The highest BCUT2D eigenvalue weighted by Crippen LogP contribution is 2.50. The summed E-state index contributed by atoms with van der Waals surface area (Å²) >= 11 is 0. The fraction of sp³-hybridized carbons (Fsp3) is 0.184. The molecule has 1 heterocycles. The maximum Gasteiger partial charge on any atom is 0.161 e. The van der Waals surface area contributed by atoms with Gasteiger partial charge in [-0.15, -0.1) is 0 Å². The smallest absolute Gasteiger partial charge is 0.161 e. The Hall–Kier alpha value is -4.83. The van der Waals surface area contributed by atoms with Gasteiger partial charge in [-0.3, -0.25) is 4.99 Å². The number of aliphatic imine (C=N–C) groups is 1. The van der Waals surface area contributed by atoms with Crippen LogP contribution in [0.5, 0.6) is 11.5 Å². The monoisotopic (exact) mass is 550 g/mol. The van der Waals surface area contributed by atoms with Gasteiger partial charge in [0.25, 0.3) is 0 Å². The summed E-state index contributed by atoms with van der Waals surface area (Å²) in [5, 5.41) is 6.24. The average Bonchev–Trinajstić information content (AvgIpc) is 3.53. The summed E-state index contributed by atoms with van der Waals surface area (Å²) in [5.41, 5.74) is 8.30. The average molecular weight is 551 g/mol. The second-order valence-corrected chi connectivity index (χ2v) is 11.3. The van der Waals surface area contributed by atoms with Gasteiger partial charge in [-0.05, 0) is 88.7 Å². The number of ether oxygens (including phenoxy) is 2. The van der Waals surface area contributed by atoms with Crippen molar-refractivity contribution in [3.63, 3.8) is 0 Å². The standard InChI is InChI=1S/C38H34N2O2/c1-25-13-19-35-34(21-25)32-11-6-12-33(32)38(40-35)28-15-17-30(18-16-28)39-23-26-14-20-36(37(22-26)41-2)42-24-29-9-5-8-27-7-3-4-10-31(27)29/h3-11,13-23,32-33,38,40H,12,24H2,1-2H3/t32-,33-,38-/m0/s1. The van der Waals surface area contributed by atoms with Crippen LogP contribution in [0.3, 0.4) is 0 Å². The maximum atomic E-state index is 6.19. The number of anilines is 1. The molecule has 7 rings (SSSR count). The van der Waals surface area contributed by atoms with Crippen LogP contribution in [-0.2, 0) is 6.61 Å². The Balaban J connectivity index is 1.05. The fourth-order valence-electron chi connectivity index (χ4n) is 6.42. The SMILES string of the molecule is COc1cc(C=Nc2ccc([C@@H]3Nc4ccc(C)cc4[C@H]4C=CC[C@@H]43)cc2)ccc1OCc1cccc2ccccc12. The van der Waals surface area contributed by atoms with Crippen LogP contribution in [0.4, 0.5) is 11.4 Å². The van der Waals surface area contributed by atoms with Crippen LogP contribution in [-0.4, -0.2) is 13.3 Å². The third-order valence-electron chi connectivity index (χ3n) is 8.58. The van der Waals surface area contributed by atoms with E-state index in [1.807, 2.05) is 24.4 Å². The summed E-state index contributed by atoms with van der Waals surface area (Å²) in [5.74, 6) is 2.40. The van der Waals surface area contributed by atoms with Gasteiger partial charge in [0.15, 0.2) is 11.5 Å². The van der Waals surface area contributed by atoms with E-state index in [0.717, 1.165) is 23.2 Å². The van der Waals surface area contributed by atoms with Crippen molar-refractivity contribution >= 4 is 28.4 Å². The first kappa shape index (κ1) is 26.1. The second kappa shape index (κ2) is 11.2. The van der Waals surface area contributed by atoms with Gasteiger partial charge in [-0.1, -0.05) is 84.4 Å². The lowest BCUT2D eigenvalue weighted by Crippen LogP contribution is -2.29. The molecule has 42 heavy (non-hydrogen) atoms. The number of fused-ring (bicyclic) bond motifs is 4. The Morgan fingerprint density at radius 3 is 2.62 bits per heavy atom. The van der Waals surface area contributed by atoms with Crippen molar-refractivity contribution in [3.05, 3.63) is 143 Å². The molecule has 2 aliphatic rings. The zero-order valence-corrected chi connectivity index (χ0v) is 24.0. The van der Waals surface area contributed by atoms with E-state index < -0.39 is 0 Å². The molecule has 1 N–H and O–H groups in total. The normalized spacial score (nSPS) is 19.0. The summed E-state index contributed by atoms with van der Waals surface area (Å²) in [7, 11) is 1.67. The minimum atomic E-state index is 0.281. The Morgan fingerprint density at radius 1 is 0.881 bits per heavy atom. The van der Waals surface area contributed by atoms with Gasteiger partial charge < -0.3 is 14.8 Å². The highest BCUT2D eigenvalue weighted by Gasteiger charge is 2.37. The number of rotatable bonds is 7. The van der Waals surface area contributed by atoms with Crippen LogP contribution in [0.1, 0.15) is 46.2 Å². The molecule has 4 nitrogen and oxygen atoms in total. The van der Waals surface area contributed by atoms with Crippen LogP contribution in [0.25, 0.3) is 10.8 Å². The molecule has 0 bridgehead atoms. The third kappa shape index (κ3) is 5.05. The number of methoxy groups -OCH3 is 1. The number of nitrogens with zero attached hydrogens (tertiary/aromatic N) is 1. The van der Waals surface area contributed by atoms with E-state index >= 15 is 0 Å². The molecule has 1 aliphatic carbocycles. The van der Waals surface area contributed by atoms with Crippen molar-refractivity contribution in [1.29, 1.82) is 0 Å². The molecule has 0 unspecified atom stereocenters. The maximum absolute atomic E-state index is 6.19. The molecule has 5 aromatic carbocycles. The zero-order chi connectivity index (χ0) is 28.5. The predicted octanol–water partition coefficient (Wildman–Crippen LogP) is 9.31. The van der Waals surface area contributed by atoms with Gasteiger partial charge in [-0.2, -0.15) is 0 Å². The Bertz CT molecular complexity index is 1800. The van der Waals surface area contributed by atoms with Gasteiger partial charge >= 0.3 is 0 Å². The molecule has 4 heteroatoms. The van der Waals surface area contributed by atoms with Gasteiger partial charge in [0, 0.05) is 17.8 Å². The van der Waals surface area contributed by atoms with E-state index in [1.54, 1.807) is 7.11 Å². The largest absolute Gasteiger partial charge is 0.493 e. The van der Waals surface area contributed by atoms with E-state index in [1.165, 1.54) is 33.2 Å². The number of nitrogens with one attached hydrogen (secondary N) is 1. The first-order valence-corrected chi connectivity index (χ1v) is 14.6. The van der Waals surface area contributed by atoms with Gasteiger partial charge in [0.1, 0.15) is 6.61 Å². The van der Waals surface area contributed by atoms with Crippen LogP contribution in [0, 0.1) is 12.8 Å². The lowest BCUT2D eigenvalue weighted by atomic mass is 9.76. The van der Waals surface area contributed by atoms with Gasteiger partial charge in [-0.25, -0.2) is 0 Å². The number of hydrogen-bond acceptors (Lipinski definition) is 4. The van der Waals surface area contributed by atoms with Gasteiger partial charge in [0.2, 0.25) is 0 Å². The molecule has 0 amide bonds. The summed E-state index contributed by atoms with van der Waals surface area (Å²) in [6.45, 7) is 2.64. The van der Waals surface area contributed by atoms with Crippen molar-refractivity contribution in [2.45, 2.75) is 31.9 Å². The van der Waals surface area contributed by atoms with E-state index in [-0.39, 0.29) is 6.04 Å². The Kier molecular flexibility index (Phi) is 6.97. The molecule has 0 saturated carbocycles. The van der Waals surface area contributed by atoms with Crippen LogP contribution < -0.4 is 14.8 Å². The number of hydrogen-bond donors (Lipinski definition) is 1. The summed E-state index contributed by atoms with van der Waals surface area (Å²) in [4.78, 5) is 4.75. The molecule has 1 aliphatic heterocycles. The predicted molar refractivity (Wildman–Crippen MR) is 173 cm³/mol. The molecule has 0 spiro atoms. The third-order valence-corrected chi connectivity index (χ3v) is 8.58. The second-order valence-electron chi connectivity index (χ2n) is 11.3. The summed E-state index contributed by atoms with van der Waals surface area (Å²) < 4.78 is 11.9. The van der Waals surface area contributed by atoms with Gasteiger partial charge in [0.05, 0.1) is 18.8 Å². The number of aryl methyl sites for hydroxylation is 1. The molecular formula is C38H34N2O2. The molecular weight excluding hydrogens is 516 g/mol. The van der Waals surface area contributed by atoms with Crippen molar-refractivity contribution in [2.75, 3.05) is 12.4 Å². The number of benzene rings is 5. The molecule has 0 saturated heterocycles. The number of allylic oxidation sites excluding steroid dienone is 2. The van der Waals surface area contributed by atoms with Crippen molar-refractivity contribution in [1.82, 2.24) is 0 Å². The van der Waals surface area contributed by atoms with Crippen molar-refractivity contribution in [3.8, 4) is 11.5 Å². The quantitative estimate of drug-likeness (QED) is 0.162. The van der Waals surface area contributed by atoms with Crippen molar-refractivity contribution < 1.29 is 9.47 Å². The van der Waals surface area contributed by atoms with E-state index in [2.05, 4.69) is 109 Å². The summed E-state index contributed by atoms with van der Waals surface area (Å²) in [6, 6.07) is 36.3. The van der Waals surface area contributed by atoms with Crippen LogP contribution in [0.15, 0.2) is 120 Å². The lowest BCUT2D eigenvalue weighted by molar-refractivity contribution is 0.285. The first-order chi connectivity index (χ1) is 20.7. The highest BCUT2D eigenvalue weighted by molar-refractivity contribution is 5.85. The minimum absolute atomic E-state index is 0.281. The Morgan fingerprint density at radius 2 is 1.74 bits per heavy atom. The topological polar surface area (TPSA) is 42.8 Å². The van der Waals surface area contributed by atoms with Crippen LogP contribution in [0.2, 0.25) is 0 Å². The molecule has 3 atom stereocenters. The Labute approximate surface area is 247 Å². The minimum Gasteiger partial charge on any atom is -0.493 e. The molecule has 0 fully saturated rings. The molecule has 208 valence electrons. The van der Waals surface area contributed by atoms with E-state index in [9.17, 15) is 0 Å². The molecule has 0 radical (unpaired) electrons. The fourth-order valence-corrected chi connectivity index (χ4v) is 6.42.